The van der Waals surface area contributed by atoms with Gasteiger partial charge in [0, 0.05) is 24.7 Å². The molecule has 28 heavy (non-hydrogen) atoms. The maximum atomic E-state index is 12.7. The van der Waals surface area contributed by atoms with Gasteiger partial charge in [-0.15, -0.1) is 11.3 Å². The van der Waals surface area contributed by atoms with Crippen LogP contribution in [-0.2, 0) is 6.18 Å². The van der Waals surface area contributed by atoms with E-state index in [4.69, 9.17) is 0 Å². The molecule has 1 amide bonds. The summed E-state index contributed by atoms with van der Waals surface area (Å²) in [5.41, 5.74) is 1.06. The Kier molecular flexibility index (Phi) is 5.45. The number of aromatic nitrogens is 1. The average molecular weight is 410 g/mol. The highest BCUT2D eigenvalue weighted by Crippen LogP contribution is 2.34. The summed E-state index contributed by atoms with van der Waals surface area (Å²) in [6, 6.07) is 7.30. The molecule has 0 aliphatic carbocycles. The summed E-state index contributed by atoms with van der Waals surface area (Å²) < 4.78 is 39.0. The minimum absolute atomic E-state index is 0.0571. The van der Waals surface area contributed by atoms with Crippen LogP contribution < -0.4 is 10.6 Å². The van der Waals surface area contributed by atoms with Gasteiger partial charge in [-0.25, -0.2) is 4.98 Å². The second-order valence-corrected chi connectivity index (χ2v) is 6.59. The molecular formula is C17H13F3N4O3S. The minimum atomic E-state index is -4.67. The predicted octanol–water partition coefficient (Wildman–Crippen LogP) is 4.07. The van der Waals surface area contributed by atoms with Crippen molar-refractivity contribution in [3.63, 3.8) is 0 Å². The Hall–Kier alpha value is -3.21. The minimum Gasteiger partial charge on any atom is -0.378 e. The second kappa shape index (κ2) is 7.80. The number of hydrogen-bond donors (Lipinski definition) is 2. The van der Waals surface area contributed by atoms with Gasteiger partial charge in [-0.1, -0.05) is 0 Å². The third-order valence-electron chi connectivity index (χ3n) is 3.84. The first-order valence-corrected chi connectivity index (χ1v) is 8.84. The van der Waals surface area contributed by atoms with Crippen LogP contribution in [0.1, 0.15) is 15.9 Å². The van der Waals surface area contributed by atoms with Gasteiger partial charge in [-0.05, 0) is 30.3 Å². The second-order valence-electron chi connectivity index (χ2n) is 5.70. The average Bonchev–Trinajstić information content (AvgIpc) is 3.11. The Balaban J connectivity index is 1.60. The first-order chi connectivity index (χ1) is 13.3. The van der Waals surface area contributed by atoms with E-state index in [9.17, 15) is 28.1 Å². The van der Waals surface area contributed by atoms with E-state index in [1.807, 2.05) is 0 Å². The number of nitrogens with zero attached hydrogens (tertiary/aromatic N) is 2. The first-order valence-electron chi connectivity index (χ1n) is 7.96. The fourth-order valence-electron chi connectivity index (χ4n) is 2.48. The molecule has 0 aliphatic rings. The van der Waals surface area contributed by atoms with Crippen molar-refractivity contribution in [3.05, 3.63) is 63.1 Å². The molecule has 2 N–H and O–H groups in total. The first kappa shape index (κ1) is 19.5. The maximum Gasteiger partial charge on any atom is 0.416 e. The summed E-state index contributed by atoms with van der Waals surface area (Å²) in [6.45, 7) is 0.221. The fraction of sp³-hybridized carbons (Fsp3) is 0.176. The third kappa shape index (κ3) is 4.36. The van der Waals surface area contributed by atoms with E-state index >= 15 is 0 Å². The molecule has 0 radical (unpaired) electrons. The molecule has 3 aromatic rings. The molecule has 0 bridgehead atoms. The van der Waals surface area contributed by atoms with E-state index in [1.165, 1.54) is 11.3 Å². The molecule has 0 aliphatic heterocycles. The Bertz CT molecular complexity index is 1040. The van der Waals surface area contributed by atoms with Gasteiger partial charge in [0.25, 0.3) is 11.6 Å². The SMILES string of the molecule is O=C(NCCNc1ccc(C(F)(F)F)cc1[N+](=O)[O-])c1ccc2ncsc2c1. The molecule has 0 saturated heterocycles. The monoisotopic (exact) mass is 410 g/mol. The molecule has 3 rings (SSSR count). The smallest absolute Gasteiger partial charge is 0.378 e. The number of halogens is 3. The van der Waals surface area contributed by atoms with Gasteiger partial charge in [0.05, 0.1) is 26.2 Å². The summed E-state index contributed by atoms with van der Waals surface area (Å²) in [4.78, 5) is 26.4. The van der Waals surface area contributed by atoms with Crippen molar-refractivity contribution >= 4 is 38.8 Å². The molecule has 0 atom stereocenters. The van der Waals surface area contributed by atoms with Crippen molar-refractivity contribution in [2.24, 2.45) is 0 Å². The van der Waals surface area contributed by atoms with Gasteiger partial charge in [0.15, 0.2) is 0 Å². The number of carbonyl (C=O) groups is 1. The molecule has 0 saturated carbocycles. The van der Waals surface area contributed by atoms with Gasteiger partial charge in [0.2, 0.25) is 0 Å². The lowest BCUT2D eigenvalue weighted by Gasteiger charge is -2.11. The predicted molar refractivity (Wildman–Crippen MR) is 98.5 cm³/mol. The van der Waals surface area contributed by atoms with Crippen LogP contribution in [-0.4, -0.2) is 28.9 Å². The van der Waals surface area contributed by atoms with Gasteiger partial charge in [-0.3, -0.25) is 14.9 Å². The molecule has 146 valence electrons. The number of nitro benzene ring substituents is 1. The van der Waals surface area contributed by atoms with Gasteiger partial charge < -0.3 is 10.6 Å². The van der Waals surface area contributed by atoms with Crippen molar-refractivity contribution in [2.75, 3.05) is 18.4 Å². The molecule has 1 aromatic heterocycles. The van der Waals surface area contributed by atoms with Gasteiger partial charge in [0.1, 0.15) is 5.69 Å². The number of nitro groups is 1. The van der Waals surface area contributed by atoms with Crippen molar-refractivity contribution in [1.82, 2.24) is 10.3 Å². The summed E-state index contributed by atoms with van der Waals surface area (Å²) in [5.74, 6) is -0.334. The number of benzene rings is 2. The zero-order valence-corrected chi connectivity index (χ0v) is 14.9. The molecule has 7 nitrogen and oxygen atoms in total. The lowest BCUT2D eigenvalue weighted by Crippen LogP contribution is -2.28. The van der Waals surface area contributed by atoms with Crippen LogP contribution in [0.15, 0.2) is 41.9 Å². The van der Waals surface area contributed by atoms with Crippen LogP contribution in [0.4, 0.5) is 24.5 Å². The van der Waals surface area contributed by atoms with E-state index in [1.54, 1.807) is 23.7 Å². The highest BCUT2D eigenvalue weighted by molar-refractivity contribution is 7.16. The normalized spacial score (nSPS) is 11.4. The zero-order valence-electron chi connectivity index (χ0n) is 14.1. The molecule has 0 unspecified atom stereocenters. The van der Waals surface area contributed by atoms with Crippen LogP contribution in [0.2, 0.25) is 0 Å². The number of fused-ring (bicyclic) bond motifs is 1. The summed E-state index contributed by atoms with van der Waals surface area (Å²) in [7, 11) is 0. The van der Waals surface area contributed by atoms with Gasteiger partial charge >= 0.3 is 6.18 Å². The molecule has 11 heteroatoms. The third-order valence-corrected chi connectivity index (χ3v) is 4.63. The number of carbonyl (C=O) groups excluding carboxylic acids is 1. The Labute approximate surface area is 160 Å². The number of anilines is 1. The van der Waals surface area contributed by atoms with Crippen LogP contribution in [0, 0.1) is 10.1 Å². The zero-order chi connectivity index (χ0) is 20.3. The Morgan fingerprint density at radius 2 is 1.96 bits per heavy atom. The molecule has 0 spiro atoms. The van der Waals surface area contributed by atoms with Crippen LogP contribution in [0.25, 0.3) is 10.2 Å². The number of rotatable bonds is 6. The van der Waals surface area contributed by atoms with Crippen LogP contribution in [0.3, 0.4) is 0 Å². The molecule has 0 fully saturated rings. The van der Waals surface area contributed by atoms with Crippen LogP contribution in [0.5, 0.6) is 0 Å². The van der Waals surface area contributed by atoms with Crippen molar-refractivity contribution in [1.29, 1.82) is 0 Å². The lowest BCUT2D eigenvalue weighted by molar-refractivity contribution is -0.384. The quantitative estimate of drug-likeness (QED) is 0.363. The molecular weight excluding hydrogens is 397 g/mol. The van der Waals surface area contributed by atoms with Crippen molar-refractivity contribution in [2.45, 2.75) is 6.18 Å². The number of alkyl halides is 3. The largest absolute Gasteiger partial charge is 0.416 e. The van der Waals surface area contributed by atoms with E-state index in [2.05, 4.69) is 15.6 Å². The Morgan fingerprint density at radius 1 is 1.18 bits per heavy atom. The van der Waals surface area contributed by atoms with E-state index in [0.29, 0.717) is 11.6 Å². The number of hydrogen-bond acceptors (Lipinski definition) is 6. The molecule has 1 heterocycles. The lowest BCUT2D eigenvalue weighted by atomic mass is 10.1. The van der Waals surface area contributed by atoms with E-state index in [-0.39, 0.29) is 24.7 Å². The topological polar surface area (TPSA) is 97.2 Å². The highest BCUT2D eigenvalue weighted by atomic mass is 32.1. The highest BCUT2D eigenvalue weighted by Gasteiger charge is 2.33. The standard InChI is InChI=1S/C17H13F3N4O3S/c18-17(19,20)11-2-4-12(14(8-11)24(26)27)21-5-6-22-16(25)10-1-3-13-15(7-10)28-9-23-13/h1-4,7-9,21H,5-6H2,(H,22,25). The van der Waals surface area contributed by atoms with Crippen molar-refractivity contribution < 1.29 is 22.9 Å². The van der Waals surface area contributed by atoms with Crippen LogP contribution >= 0.6 is 11.3 Å². The van der Waals surface area contributed by atoms with Crippen molar-refractivity contribution in [3.8, 4) is 0 Å². The Morgan fingerprint density at radius 3 is 2.68 bits per heavy atom. The van der Waals surface area contributed by atoms with E-state index in [0.717, 1.165) is 22.3 Å². The number of nitrogens with one attached hydrogen (secondary N) is 2. The molecule has 2 aromatic carbocycles. The number of thiazole rings is 1. The summed E-state index contributed by atoms with van der Waals surface area (Å²) in [5, 5.41) is 16.4. The maximum absolute atomic E-state index is 12.7. The fourth-order valence-corrected chi connectivity index (χ4v) is 3.20. The summed E-state index contributed by atoms with van der Waals surface area (Å²) >= 11 is 1.40. The number of amides is 1. The summed E-state index contributed by atoms with van der Waals surface area (Å²) in [6.07, 6.45) is -4.67. The van der Waals surface area contributed by atoms with Gasteiger partial charge in [-0.2, -0.15) is 13.2 Å². The van der Waals surface area contributed by atoms with E-state index < -0.39 is 22.4 Å².